The maximum absolute atomic E-state index is 12.7. The van der Waals surface area contributed by atoms with E-state index in [2.05, 4.69) is 20.8 Å². The Bertz CT molecular complexity index is 1680. The zero-order valence-corrected chi connectivity index (χ0v) is 26.1. The Morgan fingerprint density at radius 1 is 0.867 bits per heavy atom. The first-order valence-corrected chi connectivity index (χ1v) is 16.3. The summed E-state index contributed by atoms with van der Waals surface area (Å²) in [7, 11) is 0. The van der Waals surface area contributed by atoms with Crippen LogP contribution in [0.2, 0.25) is 0 Å². The van der Waals surface area contributed by atoms with E-state index in [4.69, 9.17) is 14.2 Å². The molecule has 3 N–H and O–H groups in total. The van der Waals surface area contributed by atoms with E-state index in [1.165, 1.54) is 0 Å². The third-order valence-corrected chi connectivity index (χ3v) is 9.15. The summed E-state index contributed by atoms with van der Waals surface area (Å²) < 4.78 is 19.6. The van der Waals surface area contributed by atoms with Crippen molar-refractivity contribution in [2.75, 3.05) is 16.4 Å². The van der Waals surface area contributed by atoms with Crippen LogP contribution in [-0.2, 0) is 16.1 Å². The van der Waals surface area contributed by atoms with E-state index in [1.807, 2.05) is 85.8 Å². The van der Waals surface area contributed by atoms with Crippen LogP contribution in [-0.4, -0.2) is 33.2 Å². The molecule has 6 rings (SSSR count). The van der Waals surface area contributed by atoms with Gasteiger partial charge >= 0.3 is 6.03 Å². The summed E-state index contributed by atoms with van der Waals surface area (Å²) in [5, 5.41) is 24.4. The smallest absolute Gasteiger partial charge is 0.323 e. The molecule has 0 aliphatic carbocycles. The van der Waals surface area contributed by atoms with Gasteiger partial charge in [0.15, 0.2) is 10.6 Å². The second kappa shape index (κ2) is 14.7. The van der Waals surface area contributed by atoms with Crippen molar-refractivity contribution in [1.29, 1.82) is 0 Å². The summed E-state index contributed by atoms with van der Waals surface area (Å²) in [5.41, 5.74) is 3.98. The monoisotopic (exact) mass is 640 g/mol. The molecule has 0 saturated carbocycles. The molecule has 11 heteroatoms. The summed E-state index contributed by atoms with van der Waals surface area (Å²) in [6, 6.07) is 31.6. The van der Waals surface area contributed by atoms with Gasteiger partial charge in [0.1, 0.15) is 16.5 Å². The zero-order valence-electron chi connectivity index (χ0n) is 24.5. The van der Waals surface area contributed by atoms with Gasteiger partial charge in [0, 0.05) is 29.1 Å². The Morgan fingerprint density at radius 2 is 1.51 bits per heavy atom. The average Bonchev–Trinajstić information content (AvgIpc) is 3.50. The van der Waals surface area contributed by atoms with Crippen molar-refractivity contribution in [3.8, 4) is 11.5 Å². The van der Waals surface area contributed by atoms with Gasteiger partial charge in [-0.3, -0.25) is 0 Å². The maximum Gasteiger partial charge on any atom is 0.323 e. The number of nitrogens with one attached hydrogen (secondary N) is 2. The maximum atomic E-state index is 12.7. The lowest BCUT2D eigenvalue weighted by molar-refractivity contribution is -0.245. The minimum Gasteiger partial charge on any atom is -0.457 e. The van der Waals surface area contributed by atoms with Crippen LogP contribution in [0.1, 0.15) is 40.5 Å². The van der Waals surface area contributed by atoms with Crippen LogP contribution in [0.25, 0.3) is 0 Å². The highest BCUT2D eigenvalue weighted by molar-refractivity contribution is 8.01. The molecule has 5 aromatic rings. The molecule has 1 fully saturated rings. The molecule has 1 aliphatic rings. The van der Waals surface area contributed by atoms with Gasteiger partial charge in [-0.05, 0) is 66.6 Å². The topological polar surface area (TPSA) is 115 Å². The molecule has 0 radical (unpaired) electrons. The molecule has 2 heterocycles. The number of anilines is 2. The van der Waals surface area contributed by atoms with Crippen molar-refractivity contribution >= 4 is 40.5 Å². The third-order valence-electron chi connectivity index (χ3n) is 7.05. The number of carbonyl (C=O) groups is 1. The van der Waals surface area contributed by atoms with Crippen LogP contribution in [0.3, 0.4) is 0 Å². The number of rotatable bonds is 10. The van der Waals surface area contributed by atoms with Crippen molar-refractivity contribution in [3.63, 3.8) is 0 Å². The number of aromatic nitrogens is 2. The van der Waals surface area contributed by atoms with E-state index < -0.39 is 6.29 Å². The van der Waals surface area contributed by atoms with E-state index in [9.17, 15) is 9.90 Å². The lowest BCUT2D eigenvalue weighted by atomic mass is 10.0. The average molecular weight is 641 g/mol. The highest BCUT2D eigenvalue weighted by Gasteiger charge is 2.32. The summed E-state index contributed by atoms with van der Waals surface area (Å²) in [6.07, 6.45) is -0.193. The van der Waals surface area contributed by atoms with Crippen molar-refractivity contribution in [2.45, 2.75) is 42.8 Å². The lowest BCUT2D eigenvalue weighted by Crippen LogP contribution is -2.31. The first-order chi connectivity index (χ1) is 22.0. The van der Waals surface area contributed by atoms with Crippen LogP contribution in [0.4, 0.5) is 16.2 Å². The van der Waals surface area contributed by atoms with Gasteiger partial charge in [-0.1, -0.05) is 77.7 Å². The fraction of sp³-hybridized carbons (Fsp3) is 0.206. The molecular formula is C34H32N4O5S2. The minimum atomic E-state index is -0.595. The summed E-state index contributed by atoms with van der Waals surface area (Å²) in [6.45, 7) is 1.93. The molecular weight excluding hydrogens is 609 g/mol. The number of amides is 2. The van der Waals surface area contributed by atoms with Crippen molar-refractivity contribution in [3.05, 3.63) is 125 Å². The Labute approximate surface area is 269 Å². The van der Waals surface area contributed by atoms with Gasteiger partial charge in [0.05, 0.1) is 18.8 Å². The number of urea groups is 1. The Morgan fingerprint density at radius 3 is 2.16 bits per heavy atom. The van der Waals surface area contributed by atoms with E-state index in [1.54, 1.807) is 47.4 Å². The van der Waals surface area contributed by atoms with Crippen LogP contribution >= 0.6 is 23.1 Å². The van der Waals surface area contributed by atoms with Gasteiger partial charge in [-0.2, -0.15) is 0 Å². The molecule has 0 spiro atoms. The summed E-state index contributed by atoms with van der Waals surface area (Å²) >= 11 is 3.20. The number of aryl methyl sites for hydroxylation is 1. The van der Waals surface area contributed by atoms with Gasteiger partial charge in [0.25, 0.3) is 0 Å². The minimum absolute atomic E-state index is 0.00747. The molecule has 3 atom stereocenters. The number of hydrogen-bond donors (Lipinski definition) is 3. The van der Waals surface area contributed by atoms with Crippen LogP contribution in [0.15, 0.2) is 107 Å². The lowest BCUT2D eigenvalue weighted by Gasteiger charge is -2.36. The summed E-state index contributed by atoms with van der Waals surface area (Å²) in [5.74, 6) is 2.13. The molecule has 1 saturated heterocycles. The van der Waals surface area contributed by atoms with Crippen molar-refractivity contribution in [2.24, 2.45) is 0 Å². The van der Waals surface area contributed by atoms with E-state index >= 15 is 0 Å². The fourth-order valence-corrected chi connectivity index (χ4v) is 6.63. The number of para-hydroxylation sites is 1. The normalized spacial score (nSPS) is 17.9. The van der Waals surface area contributed by atoms with Crippen molar-refractivity contribution in [1.82, 2.24) is 10.2 Å². The predicted octanol–water partition coefficient (Wildman–Crippen LogP) is 8.11. The number of aliphatic hydroxyl groups excluding tert-OH is 1. The molecule has 230 valence electrons. The highest BCUT2D eigenvalue weighted by Crippen LogP contribution is 2.40. The standard InChI is InChI=1S/C34H32N4O5S2/c1-22-37-38-34(45-22)44-21-30-19-31(24-9-7-23(20-39)8-10-24)43-32(42-30)25-11-13-26(14-12-25)35-33(40)36-27-15-17-29(18-16-27)41-28-5-3-2-4-6-28/h2-18,30-32,39H,19-21H2,1H3,(H2,35,36,40). The number of aliphatic hydroxyl groups is 1. The molecule has 3 unspecified atom stereocenters. The highest BCUT2D eigenvalue weighted by atomic mass is 32.2. The molecule has 4 aromatic carbocycles. The summed E-state index contributed by atoms with van der Waals surface area (Å²) in [4.78, 5) is 12.7. The second-order valence-corrected chi connectivity index (χ2v) is 12.8. The van der Waals surface area contributed by atoms with Gasteiger partial charge in [0.2, 0.25) is 0 Å². The van der Waals surface area contributed by atoms with Crippen LogP contribution < -0.4 is 15.4 Å². The predicted molar refractivity (Wildman–Crippen MR) is 176 cm³/mol. The number of hydrogen-bond acceptors (Lipinski definition) is 9. The molecule has 9 nitrogen and oxygen atoms in total. The molecule has 45 heavy (non-hydrogen) atoms. The van der Waals surface area contributed by atoms with E-state index in [0.29, 0.717) is 29.3 Å². The zero-order chi connectivity index (χ0) is 31.0. The first-order valence-electron chi connectivity index (χ1n) is 14.5. The molecule has 1 aromatic heterocycles. The number of carbonyl (C=O) groups excluding carboxylic acids is 1. The Balaban J connectivity index is 1.08. The van der Waals surface area contributed by atoms with E-state index in [-0.39, 0.29) is 24.8 Å². The number of nitrogens with zero attached hydrogens (tertiary/aromatic N) is 2. The van der Waals surface area contributed by atoms with Gasteiger partial charge in [-0.15, -0.1) is 10.2 Å². The number of thioether (sulfide) groups is 1. The van der Waals surface area contributed by atoms with Crippen LogP contribution in [0, 0.1) is 6.92 Å². The molecule has 1 aliphatic heterocycles. The Hall–Kier alpha value is -4.26. The molecule has 2 amide bonds. The third kappa shape index (κ3) is 8.47. The van der Waals surface area contributed by atoms with E-state index in [0.717, 1.165) is 31.8 Å². The number of ether oxygens (including phenoxy) is 3. The van der Waals surface area contributed by atoms with Gasteiger partial charge in [-0.25, -0.2) is 4.79 Å². The van der Waals surface area contributed by atoms with Crippen LogP contribution in [0.5, 0.6) is 11.5 Å². The van der Waals surface area contributed by atoms with Gasteiger partial charge < -0.3 is 30.0 Å². The first kappa shape index (κ1) is 30.8. The second-order valence-electron chi connectivity index (χ2n) is 10.4. The largest absolute Gasteiger partial charge is 0.457 e. The molecule has 0 bridgehead atoms. The SMILES string of the molecule is Cc1nnc(SCC2CC(c3ccc(CO)cc3)OC(c3ccc(NC(=O)Nc4ccc(Oc5ccccc5)cc4)cc3)O2)s1. The fourth-order valence-electron chi connectivity index (χ4n) is 4.77. The quantitative estimate of drug-likeness (QED) is 0.131. The van der Waals surface area contributed by atoms with Crippen molar-refractivity contribution < 1.29 is 24.1 Å². The number of benzene rings is 4. The Kier molecular flexibility index (Phi) is 10.0.